The molecule has 0 aliphatic carbocycles. The molecule has 23 heavy (non-hydrogen) atoms. The Hall–Kier alpha value is -2.18. The van der Waals surface area contributed by atoms with E-state index in [4.69, 9.17) is 9.47 Å². The van der Waals surface area contributed by atoms with Gasteiger partial charge in [0.05, 0.1) is 31.2 Å². The second kappa shape index (κ2) is 7.39. The van der Waals surface area contributed by atoms with Crippen molar-refractivity contribution in [1.29, 1.82) is 0 Å². The molecule has 0 amide bonds. The Kier molecular flexibility index (Phi) is 5.05. The lowest BCUT2D eigenvalue weighted by atomic mass is 10.1. The van der Waals surface area contributed by atoms with E-state index in [0.717, 1.165) is 25.4 Å². The van der Waals surface area contributed by atoms with Crippen LogP contribution in [0.2, 0.25) is 0 Å². The van der Waals surface area contributed by atoms with E-state index in [-0.39, 0.29) is 12.2 Å². The van der Waals surface area contributed by atoms with Crippen molar-refractivity contribution in [2.24, 2.45) is 0 Å². The molecule has 6 heteroatoms. The molecule has 1 unspecified atom stereocenters. The number of rotatable bonds is 5. The molecule has 3 rings (SSSR count). The molecule has 0 bridgehead atoms. The van der Waals surface area contributed by atoms with Gasteiger partial charge in [-0.25, -0.2) is 9.97 Å². The van der Waals surface area contributed by atoms with E-state index in [1.807, 2.05) is 26.0 Å². The van der Waals surface area contributed by atoms with E-state index in [9.17, 15) is 0 Å². The first-order chi connectivity index (χ1) is 11.2. The molecule has 0 radical (unpaired) electrons. The van der Waals surface area contributed by atoms with Crippen LogP contribution in [0, 0.1) is 0 Å². The number of aromatic nitrogens is 2. The highest BCUT2D eigenvalue weighted by atomic mass is 16.5. The summed E-state index contributed by atoms with van der Waals surface area (Å²) >= 11 is 0. The Bertz CT molecular complexity index is 607. The number of benzene rings is 1. The zero-order valence-electron chi connectivity index (χ0n) is 13.5. The van der Waals surface area contributed by atoms with Crippen LogP contribution >= 0.6 is 0 Å². The topological polar surface area (TPSA) is 68.3 Å². The molecule has 6 nitrogen and oxygen atoms in total. The number of nitrogens with one attached hydrogen (secondary N) is 2. The van der Waals surface area contributed by atoms with Gasteiger partial charge in [-0.3, -0.25) is 0 Å². The van der Waals surface area contributed by atoms with Crippen LogP contribution in [0.1, 0.15) is 25.5 Å². The molecule has 2 aromatic rings. The van der Waals surface area contributed by atoms with Gasteiger partial charge in [-0.05, 0) is 31.5 Å². The third-order valence-electron chi connectivity index (χ3n) is 3.47. The lowest BCUT2D eigenvalue weighted by Crippen LogP contribution is -2.33. The van der Waals surface area contributed by atoms with Crippen LogP contribution in [-0.2, 0) is 4.74 Å². The SMILES string of the molecule is CC(C)Oc1cnc(Nc2ccc(C3CNCCO3)cc2)nc1. The second-order valence-corrected chi connectivity index (χ2v) is 5.72. The van der Waals surface area contributed by atoms with Crippen molar-refractivity contribution in [1.82, 2.24) is 15.3 Å². The fraction of sp³-hybridized carbons (Fsp3) is 0.412. The molecule has 1 fully saturated rings. The number of morpholine rings is 1. The van der Waals surface area contributed by atoms with Crippen molar-refractivity contribution in [2.75, 3.05) is 25.0 Å². The van der Waals surface area contributed by atoms with Crippen molar-refractivity contribution in [3.63, 3.8) is 0 Å². The summed E-state index contributed by atoms with van der Waals surface area (Å²) < 4.78 is 11.3. The molecular formula is C17H22N4O2. The van der Waals surface area contributed by atoms with Gasteiger partial charge in [0.1, 0.15) is 0 Å². The minimum absolute atomic E-state index is 0.112. The summed E-state index contributed by atoms with van der Waals surface area (Å²) in [4.78, 5) is 8.51. The van der Waals surface area contributed by atoms with Gasteiger partial charge in [0, 0.05) is 18.8 Å². The Morgan fingerprint density at radius 2 is 1.96 bits per heavy atom. The normalized spacial score (nSPS) is 18.0. The van der Waals surface area contributed by atoms with Gasteiger partial charge in [0.15, 0.2) is 5.75 Å². The predicted octanol–water partition coefficient (Wildman–Crippen LogP) is 2.67. The molecule has 2 heterocycles. The molecule has 122 valence electrons. The predicted molar refractivity (Wildman–Crippen MR) is 89.1 cm³/mol. The highest BCUT2D eigenvalue weighted by Gasteiger charge is 2.15. The van der Waals surface area contributed by atoms with Gasteiger partial charge in [-0.15, -0.1) is 0 Å². The first-order valence-electron chi connectivity index (χ1n) is 7.89. The van der Waals surface area contributed by atoms with Gasteiger partial charge in [-0.1, -0.05) is 12.1 Å². The Morgan fingerprint density at radius 3 is 2.57 bits per heavy atom. The summed E-state index contributed by atoms with van der Waals surface area (Å²) in [5.41, 5.74) is 2.11. The maximum absolute atomic E-state index is 5.75. The van der Waals surface area contributed by atoms with Gasteiger partial charge in [0.2, 0.25) is 5.95 Å². The Labute approximate surface area is 136 Å². The number of hydrogen-bond donors (Lipinski definition) is 2. The monoisotopic (exact) mass is 314 g/mol. The fourth-order valence-corrected chi connectivity index (χ4v) is 2.40. The minimum Gasteiger partial charge on any atom is -0.488 e. The smallest absolute Gasteiger partial charge is 0.227 e. The first kappa shape index (κ1) is 15.7. The molecule has 0 saturated carbocycles. The van der Waals surface area contributed by atoms with Crippen LogP contribution in [-0.4, -0.2) is 35.8 Å². The summed E-state index contributed by atoms with van der Waals surface area (Å²) in [6.45, 7) is 6.47. The van der Waals surface area contributed by atoms with E-state index < -0.39 is 0 Å². The zero-order chi connectivity index (χ0) is 16.1. The number of ether oxygens (including phenoxy) is 2. The van der Waals surface area contributed by atoms with Gasteiger partial charge < -0.3 is 20.1 Å². The summed E-state index contributed by atoms with van der Waals surface area (Å²) in [7, 11) is 0. The quantitative estimate of drug-likeness (QED) is 0.884. The molecule has 0 spiro atoms. The largest absolute Gasteiger partial charge is 0.488 e. The summed E-state index contributed by atoms with van der Waals surface area (Å²) in [6.07, 6.45) is 3.58. The molecule has 1 aliphatic heterocycles. The minimum atomic E-state index is 0.112. The van der Waals surface area contributed by atoms with E-state index >= 15 is 0 Å². The summed E-state index contributed by atoms with van der Waals surface area (Å²) in [5.74, 6) is 1.22. The van der Waals surface area contributed by atoms with Gasteiger partial charge in [0.25, 0.3) is 0 Å². The van der Waals surface area contributed by atoms with Crippen LogP contribution < -0.4 is 15.4 Å². The number of hydrogen-bond acceptors (Lipinski definition) is 6. The molecular weight excluding hydrogens is 292 g/mol. The lowest BCUT2D eigenvalue weighted by Gasteiger charge is -2.24. The standard InChI is InChI=1S/C17H22N4O2/c1-12(2)23-15-9-19-17(20-10-15)21-14-5-3-13(4-6-14)16-11-18-7-8-22-16/h3-6,9-10,12,16,18H,7-8,11H2,1-2H3,(H,19,20,21). The highest BCUT2D eigenvalue weighted by Crippen LogP contribution is 2.22. The zero-order valence-corrected chi connectivity index (χ0v) is 13.5. The number of anilines is 2. The molecule has 1 aliphatic rings. The van der Waals surface area contributed by atoms with Crippen molar-refractivity contribution in [3.8, 4) is 5.75 Å². The summed E-state index contributed by atoms with van der Waals surface area (Å²) in [5, 5.41) is 6.51. The molecule has 1 aromatic carbocycles. The van der Waals surface area contributed by atoms with E-state index in [1.54, 1.807) is 12.4 Å². The maximum atomic E-state index is 5.75. The van der Waals surface area contributed by atoms with Crippen molar-refractivity contribution in [3.05, 3.63) is 42.2 Å². The van der Waals surface area contributed by atoms with E-state index in [0.29, 0.717) is 11.7 Å². The second-order valence-electron chi connectivity index (χ2n) is 5.72. The maximum Gasteiger partial charge on any atom is 0.227 e. The lowest BCUT2D eigenvalue weighted by molar-refractivity contribution is 0.0277. The van der Waals surface area contributed by atoms with Crippen LogP contribution in [0.4, 0.5) is 11.6 Å². The third kappa shape index (κ3) is 4.40. The van der Waals surface area contributed by atoms with E-state index in [2.05, 4.69) is 32.7 Å². The van der Waals surface area contributed by atoms with Crippen LogP contribution in [0.25, 0.3) is 0 Å². The molecule has 2 N–H and O–H groups in total. The van der Waals surface area contributed by atoms with E-state index in [1.165, 1.54) is 5.56 Å². The van der Waals surface area contributed by atoms with Crippen LogP contribution in [0.3, 0.4) is 0 Å². The average Bonchev–Trinajstić information content (AvgIpc) is 2.58. The Morgan fingerprint density at radius 1 is 1.22 bits per heavy atom. The highest BCUT2D eigenvalue weighted by molar-refractivity contribution is 5.53. The molecule has 1 aromatic heterocycles. The molecule has 1 saturated heterocycles. The first-order valence-corrected chi connectivity index (χ1v) is 7.89. The van der Waals surface area contributed by atoms with Crippen LogP contribution in [0.15, 0.2) is 36.7 Å². The van der Waals surface area contributed by atoms with Crippen molar-refractivity contribution < 1.29 is 9.47 Å². The summed E-state index contributed by atoms with van der Waals surface area (Å²) in [6, 6.07) is 8.15. The number of nitrogens with zero attached hydrogens (tertiary/aromatic N) is 2. The average molecular weight is 314 g/mol. The van der Waals surface area contributed by atoms with Crippen LogP contribution in [0.5, 0.6) is 5.75 Å². The van der Waals surface area contributed by atoms with Gasteiger partial charge >= 0.3 is 0 Å². The molecule has 1 atom stereocenters. The van der Waals surface area contributed by atoms with Crippen molar-refractivity contribution >= 4 is 11.6 Å². The third-order valence-corrected chi connectivity index (χ3v) is 3.47. The van der Waals surface area contributed by atoms with Crippen molar-refractivity contribution in [2.45, 2.75) is 26.1 Å². The van der Waals surface area contributed by atoms with Gasteiger partial charge in [-0.2, -0.15) is 0 Å². The Balaban J connectivity index is 1.61. The fourth-order valence-electron chi connectivity index (χ4n) is 2.40.